The molecule has 4 heterocycles. The molecule has 16 rings (SSSR count). The van der Waals surface area contributed by atoms with Gasteiger partial charge in [-0.05, 0) is 187 Å². The van der Waals surface area contributed by atoms with Gasteiger partial charge in [-0.25, -0.2) is 19.2 Å². The number of aliphatic carboxylic acids is 4. The molecule has 0 unspecified atom stereocenters. The Labute approximate surface area is 710 Å². The molecule has 598 valence electrons. The fourth-order valence-corrected chi connectivity index (χ4v) is 18.5. The average Bonchev–Trinajstić information content (AvgIpc) is 1.65. The van der Waals surface area contributed by atoms with Crippen LogP contribution in [-0.4, -0.2) is 87.9 Å². The van der Waals surface area contributed by atoms with Crippen LogP contribution in [0.2, 0.25) is 0 Å². The van der Waals surface area contributed by atoms with Crippen LogP contribution in [0.25, 0.3) is 109 Å². The Kier molecular flexibility index (Phi) is 25.9. The number of carboxylic acid groups (broad SMARTS) is 4. The highest BCUT2D eigenvalue weighted by molar-refractivity contribution is 7.23. The van der Waals surface area contributed by atoms with Crippen molar-refractivity contribution >= 4 is 157 Å². The Morgan fingerprint density at radius 3 is 0.686 bits per heavy atom. The molecule has 0 fully saturated rings. The molecule has 16 nitrogen and oxygen atoms in total. The molecule has 0 radical (unpaired) electrons. The third-order valence-electron chi connectivity index (χ3n) is 19.6. The van der Waals surface area contributed by atoms with E-state index in [4.69, 9.17) is 20.4 Å². The van der Waals surface area contributed by atoms with Crippen LogP contribution >= 0.6 is 45.3 Å². The third kappa shape index (κ3) is 19.9. The second-order valence-corrected chi connectivity index (χ2v) is 32.5. The molecule has 0 spiro atoms. The predicted molar refractivity (Wildman–Crippen MR) is 486 cm³/mol. The van der Waals surface area contributed by atoms with E-state index in [1.165, 1.54) is 69.7 Å². The van der Waals surface area contributed by atoms with Gasteiger partial charge in [0, 0.05) is 109 Å². The summed E-state index contributed by atoms with van der Waals surface area (Å²) in [6.07, 6.45) is 10.4. The molecule has 8 N–H and O–H groups in total. The Balaban J connectivity index is 0.000000139. The standard InChI is InChI=1S/C26H20O4S.3C25H18O4S/c1-15-4-3-5-16(2)23(15)25(30)26-24(20-12-11-19(27)14-21(20)31-26)18-9-6-17(7-10-18)8-13-22(28)29;3*1-15-2-7-18(8-3-15)24(29)25-23(20-12-11-19(26)14-21(20)30-25)17-9-4-16(5-10-17)6-13-22(27)28/h3-14,27H,1-2H3,(H,28,29);3*2-14,26H,1H3,(H,27,28)/b13-8+;3*13-6+. The van der Waals surface area contributed by atoms with Gasteiger partial charge in [-0.1, -0.05) is 205 Å². The van der Waals surface area contributed by atoms with Crippen molar-refractivity contribution in [3.05, 3.63) is 377 Å². The van der Waals surface area contributed by atoms with Crippen molar-refractivity contribution in [2.75, 3.05) is 0 Å². The minimum absolute atomic E-state index is 0.0406. The zero-order valence-electron chi connectivity index (χ0n) is 65.4. The number of carboxylic acids is 4. The number of carbonyl (C=O) groups excluding carboxylic acids is 4. The quantitative estimate of drug-likeness (QED) is 0.0260. The summed E-state index contributed by atoms with van der Waals surface area (Å²) < 4.78 is 3.32. The molecule has 0 saturated carbocycles. The number of hydrogen-bond donors (Lipinski definition) is 8. The molecule has 0 saturated heterocycles. The summed E-state index contributed by atoms with van der Waals surface area (Å²) in [4.78, 5) is 99.0. The van der Waals surface area contributed by atoms with Gasteiger partial charge in [0.15, 0.2) is 0 Å². The molecule has 4 aromatic heterocycles. The lowest BCUT2D eigenvalue weighted by atomic mass is 9.93. The second-order valence-electron chi connectivity index (χ2n) is 28.3. The van der Waals surface area contributed by atoms with E-state index in [2.05, 4.69) is 0 Å². The van der Waals surface area contributed by atoms with Crippen molar-refractivity contribution in [2.24, 2.45) is 0 Å². The number of phenolic OH excluding ortho intramolecular Hbond substituents is 4. The van der Waals surface area contributed by atoms with Crippen LogP contribution < -0.4 is 0 Å². The largest absolute Gasteiger partial charge is 0.508 e. The first-order valence-corrected chi connectivity index (χ1v) is 40.9. The first-order chi connectivity index (χ1) is 58.1. The Bertz CT molecular complexity index is 6330. The Hall–Kier alpha value is -14.8. The van der Waals surface area contributed by atoms with Crippen molar-refractivity contribution in [3.8, 4) is 67.5 Å². The number of rotatable bonds is 20. The molecule has 0 aliphatic heterocycles. The highest BCUT2D eigenvalue weighted by Crippen LogP contribution is 2.47. The number of phenols is 4. The van der Waals surface area contributed by atoms with Gasteiger partial charge >= 0.3 is 23.9 Å². The first kappa shape index (κ1) is 84.1. The number of ketones is 4. The van der Waals surface area contributed by atoms with Crippen LogP contribution in [-0.2, 0) is 19.2 Å². The van der Waals surface area contributed by atoms with Gasteiger partial charge in [0.1, 0.15) is 23.0 Å². The zero-order valence-corrected chi connectivity index (χ0v) is 68.7. The molecule has 0 atom stereocenters. The summed E-state index contributed by atoms with van der Waals surface area (Å²) in [5.41, 5.74) is 17.3. The maximum absolute atomic E-state index is 13.7. The summed E-state index contributed by atoms with van der Waals surface area (Å²) in [5, 5.41) is 78.4. The summed E-state index contributed by atoms with van der Waals surface area (Å²) >= 11 is 5.44. The predicted octanol–water partition coefficient (Wildman–Crippen LogP) is 24.0. The summed E-state index contributed by atoms with van der Waals surface area (Å²) in [6.45, 7) is 9.79. The van der Waals surface area contributed by atoms with E-state index in [9.17, 15) is 58.8 Å². The number of benzene rings is 12. The van der Waals surface area contributed by atoms with Gasteiger partial charge in [-0.2, -0.15) is 0 Å². The van der Waals surface area contributed by atoms with Gasteiger partial charge in [-0.3, -0.25) is 19.2 Å². The second kappa shape index (κ2) is 37.2. The van der Waals surface area contributed by atoms with Gasteiger partial charge in [-0.15, -0.1) is 45.3 Å². The van der Waals surface area contributed by atoms with Crippen molar-refractivity contribution in [1.29, 1.82) is 0 Å². The summed E-state index contributed by atoms with van der Waals surface area (Å²) in [5.74, 6) is -3.66. The normalized spacial score (nSPS) is 11.2. The molecule has 0 aliphatic carbocycles. The molecule has 16 aromatic rings. The highest BCUT2D eigenvalue weighted by atomic mass is 32.1. The molecule has 0 bridgehead atoms. The van der Waals surface area contributed by atoms with E-state index in [1.54, 1.807) is 48.5 Å². The lowest BCUT2D eigenvalue weighted by Crippen LogP contribution is -2.05. The number of carbonyl (C=O) groups is 8. The van der Waals surface area contributed by atoms with E-state index >= 15 is 0 Å². The maximum Gasteiger partial charge on any atom is 0.328 e. The lowest BCUT2D eigenvalue weighted by molar-refractivity contribution is -0.132. The number of aromatic hydroxyl groups is 4. The summed E-state index contributed by atoms with van der Waals surface area (Å²) in [7, 11) is 0. The minimum Gasteiger partial charge on any atom is -0.508 e. The lowest BCUT2D eigenvalue weighted by Gasteiger charge is -2.10. The van der Waals surface area contributed by atoms with Crippen LogP contribution in [0.4, 0.5) is 0 Å². The number of thiophene rings is 4. The third-order valence-corrected chi connectivity index (χ3v) is 24.2. The van der Waals surface area contributed by atoms with E-state index in [0.717, 1.165) is 159 Å². The van der Waals surface area contributed by atoms with Crippen molar-refractivity contribution in [3.63, 3.8) is 0 Å². The van der Waals surface area contributed by atoms with Crippen LogP contribution in [0, 0.1) is 34.6 Å². The van der Waals surface area contributed by atoms with E-state index < -0.39 is 23.9 Å². The molecule has 0 amide bonds. The van der Waals surface area contributed by atoms with Crippen LogP contribution in [0.15, 0.2) is 285 Å². The molecule has 12 aromatic carbocycles. The number of fused-ring (bicyclic) bond motifs is 4. The monoisotopic (exact) mass is 1670 g/mol. The van der Waals surface area contributed by atoms with E-state index in [-0.39, 0.29) is 46.1 Å². The maximum atomic E-state index is 13.7. The van der Waals surface area contributed by atoms with Gasteiger partial charge in [0.25, 0.3) is 0 Å². The van der Waals surface area contributed by atoms with Crippen molar-refractivity contribution < 1.29 is 79.2 Å². The van der Waals surface area contributed by atoms with Gasteiger partial charge in [0.05, 0.1) is 19.5 Å². The molecular formula is C101H74O16S4. The van der Waals surface area contributed by atoms with E-state index in [1.807, 2.05) is 247 Å². The van der Waals surface area contributed by atoms with Crippen molar-refractivity contribution in [2.45, 2.75) is 34.6 Å². The van der Waals surface area contributed by atoms with Crippen LogP contribution in [0.5, 0.6) is 23.0 Å². The first-order valence-electron chi connectivity index (χ1n) is 37.6. The molecule has 20 heteroatoms. The number of hydrogen-bond acceptors (Lipinski definition) is 16. The SMILES string of the molecule is Cc1ccc(C(=O)c2sc3cc(O)ccc3c2-c2ccc(/C=C/C(=O)O)cc2)cc1.Cc1ccc(C(=O)c2sc3cc(O)ccc3c2-c2ccc(/C=C/C(=O)O)cc2)cc1.Cc1ccc(C(=O)c2sc3cc(O)ccc3c2-c2ccc(/C=C/C(=O)O)cc2)cc1.Cc1cccc(C)c1C(=O)c1sc2cc(O)ccc2c1-c1ccc(/C=C/C(=O)O)cc1. The fourth-order valence-electron chi connectivity index (χ4n) is 13.6. The topological polar surface area (TPSA) is 298 Å². The molecule has 0 aliphatic rings. The van der Waals surface area contributed by atoms with Crippen molar-refractivity contribution in [1.82, 2.24) is 0 Å². The van der Waals surface area contributed by atoms with E-state index in [0.29, 0.717) is 41.8 Å². The number of aryl methyl sites for hydroxylation is 5. The minimum atomic E-state index is -1.01. The summed E-state index contributed by atoms with van der Waals surface area (Å²) in [6, 6.07) is 78.2. The fraction of sp³-hybridized carbons (Fsp3) is 0.0495. The molecular weight excluding hydrogens is 1600 g/mol. The van der Waals surface area contributed by atoms with Crippen LogP contribution in [0.3, 0.4) is 0 Å². The smallest absolute Gasteiger partial charge is 0.328 e. The van der Waals surface area contributed by atoms with Gasteiger partial charge in [0.2, 0.25) is 23.1 Å². The zero-order chi connectivity index (χ0) is 85.9. The molecule has 121 heavy (non-hydrogen) atoms. The van der Waals surface area contributed by atoms with Gasteiger partial charge < -0.3 is 40.9 Å². The Morgan fingerprint density at radius 2 is 0.471 bits per heavy atom. The Morgan fingerprint density at radius 1 is 0.256 bits per heavy atom. The highest BCUT2D eigenvalue weighted by Gasteiger charge is 2.27. The van der Waals surface area contributed by atoms with Crippen LogP contribution in [0.1, 0.15) is 111 Å². The average molecular weight is 1670 g/mol.